The molecule has 1 atom stereocenters. The molecule has 1 heterocycles. The average molecular weight is 410 g/mol. The summed E-state index contributed by atoms with van der Waals surface area (Å²) in [6, 6.07) is 7.12. The van der Waals surface area contributed by atoms with Crippen molar-refractivity contribution in [2.45, 2.75) is 38.6 Å². The van der Waals surface area contributed by atoms with E-state index in [1.165, 1.54) is 10.5 Å². The number of carboxylic acids is 1. The molecule has 0 radical (unpaired) electrons. The van der Waals surface area contributed by atoms with Crippen molar-refractivity contribution in [2.24, 2.45) is 0 Å². The summed E-state index contributed by atoms with van der Waals surface area (Å²) in [5, 5.41) is 9.49. The Morgan fingerprint density at radius 3 is 2.46 bits per heavy atom. The Morgan fingerprint density at radius 2 is 1.96 bits per heavy atom. The first-order valence-corrected chi connectivity index (χ1v) is 10.9. The number of nitrogens with zero attached hydrogens (tertiary/aromatic N) is 1. The molecule has 26 heavy (non-hydrogen) atoms. The molecule has 1 aliphatic rings. The predicted octanol–water partition coefficient (Wildman–Crippen LogP) is 4.39. The van der Waals surface area contributed by atoms with Crippen LogP contribution < -0.4 is 0 Å². The molecule has 1 N–H and O–H groups in total. The topological polar surface area (TPSA) is 57.6 Å². The van der Waals surface area contributed by atoms with Gasteiger partial charge in [-0.15, -0.1) is 0 Å². The predicted molar refractivity (Wildman–Crippen MR) is 115 cm³/mol. The zero-order valence-corrected chi connectivity index (χ0v) is 17.8. The number of carbonyl (C=O) groups excluding carboxylic acids is 1. The maximum Gasteiger partial charge on any atom is 0.326 e. The van der Waals surface area contributed by atoms with Crippen LogP contribution in [0.1, 0.15) is 38.3 Å². The number of amides is 1. The molecular formula is C19H23NO3S3. The molecule has 0 aliphatic carbocycles. The molecule has 4 nitrogen and oxygen atoms in total. The smallest absolute Gasteiger partial charge is 0.326 e. The molecule has 0 aromatic heterocycles. The van der Waals surface area contributed by atoms with E-state index in [0.29, 0.717) is 21.4 Å². The van der Waals surface area contributed by atoms with Gasteiger partial charge in [0, 0.05) is 0 Å². The Hall–Kier alpha value is -1.31. The van der Waals surface area contributed by atoms with Crippen molar-refractivity contribution in [3.05, 3.63) is 40.3 Å². The summed E-state index contributed by atoms with van der Waals surface area (Å²) >= 11 is 8.00. The molecule has 0 spiro atoms. The lowest BCUT2D eigenvalue weighted by molar-refractivity contribution is -0.145. The van der Waals surface area contributed by atoms with Crippen LogP contribution in [0.15, 0.2) is 29.2 Å². The Labute approximate surface area is 168 Å². The number of carboxylic acid groups (broad SMARTS) is 1. The lowest BCUT2D eigenvalue weighted by atomic mass is 9.87. The van der Waals surface area contributed by atoms with Crippen molar-refractivity contribution >= 4 is 58.0 Å². The third-order valence-electron chi connectivity index (χ3n) is 4.09. The van der Waals surface area contributed by atoms with Gasteiger partial charge >= 0.3 is 5.97 Å². The van der Waals surface area contributed by atoms with Crippen molar-refractivity contribution < 1.29 is 14.7 Å². The van der Waals surface area contributed by atoms with E-state index < -0.39 is 12.0 Å². The van der Waals surface area contributed by atoms with Gasteiger partial charge in [0.05, 0.1) is 4.91 Å². The molecule has 0 bridgehead atoms. The van der Waals surface area contributed by atoms with Gasteiger partial charge in [-0.1, -0.05) is 69.0 Å². The number of thioether (sulfide) groups is 2. The molecule has 7 heteroatoms. The Morgan fingerprint density at radius 1 is 1.35 bits per heavy atom. The largest absolute Gasteiger partial charge is 0.480 e. The highest BCUT2D eigenvalue weighted by atomic mass is 32.2. The number of thiocarbonyl (C=S) groups is 1. The fraction of sp³-hybridized carbons (Fsp3) is 0.421. The normalized spacial score (nSPS) is 17.8. The van der Waals surface area contributed by atoms with Crippen LogP contribution in [0.25, 0.3) is 6.08 Å². The first kappa shape index (κ1) is 21.0. The van der Waals surface area contributed by atoms with E-state index in [2.05, 4.69) is 20.8 Å². The van der Waals surface area contributed by atoms with E-state index in [9.17, 15) is 14.7 Å². The Kier molecular flexibility index (Phi) is 6.93. The van der Waals surface area contributed by atoms with Crippen LogP contribution in [-0.2, 0) is 15.0 Å². The summed E-state index contributed by atoms with van der Waals surface area (Å²) < 4.78 is 0.307. The van der Waals surface area contributed by atoms with Gasteiger partial charge in [0.1, 0.15) is 10.4 Å². The average Bonchev–Trinajstić information content (AvgIpc) is 2.82. The first-order chi connectivity index (χ1) is 12.1. The third-order valence-corrected chi connectivity index (χ3v) is 6.06. The quantitative estimate of drug-likeness (QED) is 0.555. The lowest BCUT2D eigenvalue weighted by Crippen LogP contribution is -2.44. The lowest BCUT2D eigenvalue weighted by Gasteiger charge is -2.22. The fourth-order valence-corrected chi connectivity index (χ4v) is 4.39. The summed E-state index contributed by atoms with van der Waals surface area (Å²) in [5.74, 6) is -0.694. The molecule has 1 amide bonds. The second kappa shape index (κ2) is 8.59. The monoisotopic (exact) mass is 409 g/mol. The maximum absolute atomic E-state index is 12.7. The van der Waals surface area contributed by atoms with Crippen LogP contribution in [0.4, 0.5) is 0 Å². The van der Waals surface area contributed by atoms with E-state index in [1.54, 1.807) is 17.8 Å². The number of carbonyl (C=O) groups is 2. The number of hydrogen-bond donors (Lipinski definition) is 1. The molecule has 2 rings (SSSR count). The van der Waals surface area contributed by atoms with E-state index in [1.807, 2.05) is 30.5 Å². The van der Waals surface area contributed by atoms with Crippen LogP contribution in [-0.4, -0.2) is 44.3 Å². The second-order valence-electron chi connectivity index (χ2n) is 7.06. The van der Waals surface area contributed by atoms with E-state index in [0.717, 1.165) is 17.3 Å². The highest BCUT2D eigenvalue weighted by Crippen LogP contribution is 2.35. The van der Waals surface area contributed by atoms with Gasteiger partial charge in [0.25, 0.3) is 5.91 Å². The van der Waals surface area contributed by atoms with E-state index in [4.69, 9.17) is 12.2 Å². The fourth-order valence-electron chi connectivity index (χ4n) is 2.57. The number of aliphatic carboxylic acids is 1. The number of benzene rings is 1. The molecule has 1 saturated heterocycles. The summed E-state index contributed by atoms with van der Waals surface area (Å²) in [4.78, 5) is 26.0. The molecule has 1 fully saturated rings. The maximum atomic E-state index is 12.7. The van der Waals surface area contributed by atoms with Crippen molar-refractivity contribution in [1.29, 1.82) is 0 Å². The van der Waals surface area contributed by atoms with E-state index in [-0.39, 0.29) is 11.3 Å². The van der Waals surface area contributed by atoms with Gasteiger partial charge in [-0.05, 0) is 41.0 Å². The second-order valence-corrected chi connectivity index (χ2v) is 9.72. The van der Waals surface area contributed by atoms with Crippen LogP contribution in [0.5, 0.6) is 0 Å². The SMILES string of the molecule is CSCC[C@@H](C(=O)O)N1C(=O)/C(=C\c2ccc(C(C)(C)C)cc2)SC1=S. The highest BCUT2D eigenvalue weighted by Gasteiger charge is 2.40. The van der Waals surface area contributed by atoms with Gasteiger partial charge in [-0.3, -0.25) is 9.69 Å². The molecule has 1 aromatic rings. The van der Waals surface area contributed by atoms with Crippen LogP contribution in [0.3, 0.4) is 0 Å². The zero-order valence-electron chi connectivity index (χ0n) is 15.3. The minimum atomic E-state index is -1.02. The summed E-state index contributed by atoms with van der Waals surface area (Å²) in [6.07, 6.45) is 4.06. The number of rotatable bonds is 6. The Bertz CT molecular complexity index is 735. The van der Waals surface area contributed by atoms with Crippen molar-refractivity contribution in [3.8, 4) is 0 Å². The van der Waals surface area contributed by atoms with E-state index >= 15 is 0 Å². The molecule has 1 aromatic carbocycles. The molecule has 0 unspecified atom stereocenters. The van der Waals surface area contributed by atoms with Gasteiger partial charge in [0.15, 0.2) is 0 Å². The molecule has 140 valence electrons. The summed E-state index contributed by atoms with van der Waals surface area (Å²) in [5.41, 5.74) is 2.17. The third kappa shape index (κ3) is 4.90. The minimum absolute atomic E-state index is 0.0635. The van der Waals surface area contributed by atoms with Crippen molar-refractivity contribution in [2.75, 3.05) is 12.0 Å². The Balaban J connectivity index is 2.24. The summed E-state index contributed by atoms with van der Waals surface area (Å²) in [6.45, 7) is 6.44. The zero-order chi connectivity index (χ0) is 19.5. The highest BCUT2D eigenvalue weighted by molar-refractivity contribution is 8.26. The van der Waals surface area contributed by atoms with Gasteiger partial charge in [-0.2, -0.15) is 11.8 Å². The van der Waals surface area contributed by atoms with Gasteiger partial charge in [-0.25, -0.2) is 4.79 Å². The van der Waals surface area contributed by atoms with Crippen LogP contribution in [0, 0.1) is 0 Å². The number of hydrogen-bond acceptors (Lipinski definition) is 5. The molecular weight excluding hydrogens is 386 g/mol. The molecule has 0 saturated carbocycles. The van der Waals surface area contributed by atoms with Gasteiger partial charge < -0.3 is 5.11 Å². The van der Waals surface area contributed by atoms with Crippen LogP contribution >= 0.6 is 35.7 Å². The van der Waals surface area contributed by atoms with Gasteiger partial charge in [0.2, 0.25) is 0 Å². The van der Waals surface area contributed by atoms with Crippen LogP contribution in [0.2, 0.25) is 0 Å². The standard InChI is InChI=1S/C19H23NO3S3/c1-19(2,3)13-7-5-12(6-8-13)11-15-16(21)20(18(24)26-15)14(17(22)23)9-10-25-4/h5-8,11,14H,9-10H2,1-4H3,(H,22,23)/b15-11+/t14-/m0/s1. The summed E-state index contributed by atoms with van der Waals surface area (Å²) in [7, 11) is 0. The molecule has 1 aliphatic heterocycles. The minimum Gasteiger partial charge on any atom is -0.480 e. The first-order valence-electron chi connectivity index (χ1n) is 8.24. The van der Waals surface area contributed by atoms with Crippen molar-refractivity contribution in [3.63, 3.8) is 0 Å². The van der Waals surface area contributed by atoms with Crippen molar-refractivity contribution in [1.82, 2.24) is 4.90 Å².